The van der Waals surface area contributed by atoms with Gasteiger partial charge in [0.05, 0.1) is 25.8 Å². The Kier molecular flexibility index (Phi) is 5.35. The van der Waals surface area contributed by atoms with Gasteiger partial charge in [-0.25, -0.2) is 0 Å². The molecule has 5 rings (SSSR count). The molecule has 2 nitrogen and oxygen atoms in total. The highest BCUT2D eigenvalue weighted by atomic mass is 35.5. The van der Waals surface area contributed by atoms with Crippen molar-refractivity contribution in [3.05, 3.63) is 35.9 Å². The Hall–Kier alpha value is -0.570. The Morgan fingerprint density at radius 1 is 1.09 bits per heavy atom. The molecule has 0 aliphatic heterocycles. The lowest BCUT2D eigenvalue weighted by Gasteiger charge is -2.28. The van der Waals surface area contributed by atoms with E-state index in [1.165, 1.54) is 31.5 Å². The van der Waals surface area contributed by atoms with Gasteiger partial charge in [0.15, 0.2) is 0 Å². The molecular weight excluding hydrogens is 306 g/mol. The Morgan fingerprint density at radius 3 is 2.26 bits per heavy atom. The zero-order valence-electron chi connectivity index (χ0n) is 14.4. The van der Waals surface area contributed by atoms with Gasteiger partial charge in [-0.3, -0.25) is 0 Å². The summed E-state index contributed by atoms with van der Waals surface area (Å²) in [4.78, 5) is 1.65. The number of hydrogen-bond acceptors (Lipinski definition) is 1. The third-order valence-corrected chi connectivity index (χ3v) is 6.77. The molecule has 1 N–H and O–H groups in total. The molecule has 23 heavy (non-hydrogen) atoms. The van der Waals surface area contributed by atoms with Crippen molar-refractivity contribution >= 4 is 0 Å². The fourth-order valence-electron chi connectivity index (χ4n) is 5.59. The molecule has 4 bridgehead atoms. The molecule has 4 fully saturated rings. The second-order valence-electron chi connectivity index (χ2n) is 7.62. The Labute approximate surface area is 147 Å². The molecule has 0 heterocycles. The van der Waals surface area contributed by atoms with Gasteiger partial charge in [-0.2, -0.15) is 0 Å². The maximum atomic E-state index is 6.52. The third kappa shape index (κ3) is 3.06. The molecule has 0 aromatic heterocycles. The van der Waals surface area contributed by atoms with Crippen LogP contribution in [0.2, 0.25) is 0 Å². The summed E-state index contributed by atoms with van der Waals surface area (Å²) < 4.78 is 6.52. The van der Waals surface area contributed by atoms with Crippen molar-refractivity contribution in [1.82, 2.24) is 0 Å². The summed E-state index contributed by atoms with van der Waals surface area (Å²) in [5, 5.41) is 0. The fraction of sp³-hybridized carbons (Fsp3) is 0.700. The monoisotopic (exact) mass is 335 g/mol. The Balaban J connectivity index is 0.00000156. The molecule has 4 atom stereocenters. The van der Waals surface area contributed by atoms with Crippen LogP contribution in [0.25, 0.3) is 0 Å². The topological polar surface area (TPSA) is 13.7 Å². The summed E-state index contributed by atoms with van der Waals surface area (Å²) in [5.74, 6) is 4.89. The van der Waals surface area contributed by atoms with Crippen LogP contribution in [0, 0.1) is 29.6 Å². The predicted octanol–water partition coefficient (Wildman–Crippen LogP) is -0.425. The van der Waals surface area contributed by atoms with Crippen LogP contribution in [-0.2, 0) is 4.74 Å². The van der Waals surface area contributed by atoms with E-state index in [0.717, 1.165) is 42.7 Å². The molecule has 4 saturated carbocycles. The quantitative estimate of drug-likeness (QED) is 0.681. The number of quaternary nitrogens is 1. The smallest absolute Gasteiger partial charge is 0.101 e. The van der Waals surface area contributed by atoms with Gasteiger partial charge in [0, 0.05) is 0 Å². The molecule has 3 heteroatoms. The molecule has 0 radical (unpaired) electrons. The SMILES string of the molecule is CC[NH+](CC)CCOC(c1ccccc1)C1C2CC3C(C2)C31.[Cl-]. The van der Waals surface area contributed by atoms with Crippen LogP contribution in [-0.4, -0.2) is 26.2 Å². The number of rotatable bonds is 8. The van der Waals surface area contributed by atoms with E-state index < -0.39 is 0 Å². The lowest BCUT2D eigenvalue weighted by molar-refractivity contribution is -0.896. The first-order valence-electron chi connectivity index (χ1n) is 9.33. The molecule has 4 aliphatic carbocycles. The number of ether oxygens (including phenoxy) is 1. The second kappa shape index (κ2) is 7.13. The van der Waals surface area contributed by atoms with E-state index >= 15 is 0 Å². The number of benzene rings is 1. The van der Waals surface area contributed by atoms with E-state index in [4.69, 9.17) is 4.74 Å². The Morgan fingerprint density at radius 2 is 1.74 bits per heavy atom. The van der Waals surface area contributed by atoms with Crippen LogP contribution in [0.4, 0.5) is 0 Å². The Bertz CT molecular complexity index is 490. The lowest BCUT2D eigenvalue weighted by atomic mass is 9.88. The average Bonchev–Trinajstić information content (AvgIpc) is 2.93. The fourth-order valence-corrected chi connectivity index (χ4v) is 5.59. The highest BCUT2D eigenvalue weighted by Crippen LogP contribution is 2.75. The van der Waals surface area contributed by atoms with Crippen molar-refractivity contribution in [2.45, 2.75) is 32.8 Å². The van der Waals surface area contributed by atoms with Gasteiger partial charge in [-0.1, -0.05) is 30.3 Å². The molecule has 4 aliphatic rings. The first-order valence-corrected chi connectivity index (χ1v) is 9.33. The molecule has 1 aromatic carbocycles. The van der Waals surface area contributed by atoms with Crippen LogP contribution in [0.15, 0.2) is 30.3 Å². The molecule has 0 saturated heterocycles. The third-order valence-electron chi connectivity index (χ3n) is 6.77. The minimum atomic E-state index is 0. The molecule has 0 amide bonds. The van der Waals surface area contributed by atoms with E-state index in [1.54, 1.807) is 4.90 Å². The van der Waals surface area contributed by atoms with E-state index in [1.807, 2.05) is 0 Å². The summed E-state index contributed by atoms with van der Waals surface area (Å²) in [6.07, 6.45) is 3.34. The van der Waals surface area contributed by atoms with Crippen molar-refractivity contribution in [2.75, 3.05) is 26.2 Å². The maximum Gasteiger partial charge on any atom is 0.101 e. The zero-order valence-corrected chi connectivity index (χ0v) is 15.1. The van der Waals surface area contributed by atoms with Crippen LogP contribution in [0.3, 0.4) is 0 Å². The van der Waals surface area contributed by atoms with Gasteiger partial charge < -0.3 is 22.0 Å². The van der Waals surface area contributed by atoms with Gasteiger partial charge in [0.1, 0.15) is 6.54 Å². The number of likely N-dealkylation sites (N-methyl/N-ethyl adjacent to an activating group) is 1. The zero-order chi connectivity index (χ0) is 15.1. The summed E-state index contributed by atoms with van der Waals surface area (Å²) >= 11 is 0. The van der Waals surface area contributed by atoms with E-state index in [2.05, 4.69) is 44.2 Å². The highest BCUT2D eigenvalue weighted by Gasteiger charge is 2.69. The van der Waals surface area contributed by atoms with E-state index in [9.17, 15) is 0 Å². The molecule has 128 valence electrons. The predicted molar refractivity (Wildman–Crippen MR) is 88.7 cm³/mol. The van der Waals surface area contributed by atoms with Crippen molar-refractivity contribution in [1.29, 1.82) is 0 Å². The van der Waals surface area contributed by atoms with Crippen LogP contribution >= 0.6 is 0 Å². The number of nitrogens with one attached hydrogen (secondary N) is 1. The summed E-state index contributed by atoms with van der Waals surface area (Å²) in [5.41, 5.74) is 1.42. The van der Waals surface area contributed by atoms with Gasteiger partial charge in [0.2, 0.25) is 0 Å². The first-order chi connectivity index (χ1) is 10.8. The molecule has 4 unspecified atom stereocenters. The van der Waals surface area contributed by atoms with E-state index in [-0.39, 0.29) is 12.4 Å². The van der Waals surface area contributed by atoms with Crippen molar-refractivity contribution in [2.24, 2.45) is 29.6 Å². The number of hydrogen-bond donors (Lipinski definition) is 1. The second-order valence-corrected chi connectivity index (χ2v) is 7.62. The minimum absolute atomic E-state index is 0. The normalized spacial score (nSPS) is 34.5. The minimum Gasteiger partial charge on any atom is -1.00 e. The lowest BCUT2D eigenvalue weighted by Crippen LogP contribution is -3.11. The number of halogens is 1. The molecular formula is C20H30ClNO. The largest absolute Gasteiger partial charge is 1.00 e. The van der Waals surface area contributed by atoms with Crippen LogP contribution in [0.5, 0.6) is 0 Å². The van der Waals surface area contributed by atoms with Gasteiger partial charge in [0.25, 0.3) is 0 Å². The standard InChI is InChI=1S/C20H29NO.ClH/c1-3-21(4-2)10-11-22-20(14-8-6-5-7-9-14)18-15-12-16-17(13-15)19(16)18;/h5-9,15-20H,3-4,10-13H2,1-2H3;1H. The first kappa shape index (κ1) is 17.3. The summed E-state index contributed by atoms with van der Waals surface area (Å²) in [6.45, 7) is 9.00. The molecule has 0 spiro atoms. The molecule has 1 aromatic rings. The van der Waals surface area contributed by atoms with Gasteiger partial charge in [-0.05, 0) is 61.8 Å². The van der Waals surface area contributed by atoms with Gasteiger partial charge >= 0.3 is 0 Å². The van der Waals surface area contributed by atoms with Crippen LogP contribution < -0.4 is 17.3 Å². The van der Waals surface area contributed by atoms with Crippen molar-refractivity contribution in [3.8, 4) is 0 Å². The van der Waals surface area contributed by atoms with Crippen LogP contribution in [0.1, 0.15) is 38.4 Å². The average molecular weight is 336 g/mol. The maximum absolute atomic E-state index is 6.52. The highest BCUT2D eigenvalue weighted by molar-refractivity contribution is 5.25. The van der Waals surface area contributed by atoms with Crippen molar-refractivity contribution < 1.29 is 22.0 Å². The van der Waals surface area contributed by atoms with Gasteiger partial charge in [-0.15, -0.1) is 0 Å². The summed E-state index contributed by atoms with van der Waals surface area (Å²) in [6, 6.07) is 11.0. The summed E-state index contributed by atoms with van der Waals surface area (Å²) in [7, 11) is 0. The van der Waals surface area contributed by atoms with Crippen molar-refractivity contribution in [3.63, 3.8) is 0 Å². The van der Waals surface area contributed by atoms with E-state index in [0.29, 0.717) is 6.10 Å².